The molecule has 2 aliphatic rings. The van der Waals surface area contributed by atoms with Gasteiger partial charge in [-0.1, -0.05) is 11.6 Å². The summed E-state index contributed by atoms with van der Waals surface area (Å²) in [4.78, 5) is 42.9. The number of benzene rings is 2. The summed E-state index contributed by atoms with van der Waals surface area (Å²) in [6, 6.07) is 5.17. The van der Waals surface area contributed by atoms with Gasteiger partial charge >= 0.3 is 6.18 Å². The molecule has 2 aromatic carbocycles. The van der Waals surface area contributed by atoms with Gasteiger partial charge < -0.3 is 20.4 Å². The summed E-state index contributed by atoms with van der Waals surface area (Å²) in [5.41, 5.74) is 1.01. The molecule has 3 amide bonds. The highest BCUT2D eigenvalue weighted by molar-refractivity contribution is 6.31. The second kappa shape index (κ2) is 9.11. The molecule has 4 rings (SSSR count). The van der Waals surface area contributed by atoms with Crippen LogP contribution in [0.25, 0.3) is 0 Å². The fraction of sp³-hybridized carbons (Fsp3) is 0.400. The van der Waals surface area contributed by atoms with Crippen molar-refractivity contribution in [3.05, 3.63) is 53.1 Å². The normalized spacial score (nSPS) is 19.1. The molecular formula is C25H24ClF5N4O3. The van der Waals surface area contributed by atoms with Crippen molar-refractivity contribution in [2.24, 2.45) is 11.1 Å². The number of hydrogen-bond acceptors (Lipinski definition) is 4. The fourth-order valence-corrected chi connectivity index (χ4v) is 4.86. The minimum absolute atomic E-state index is 0.0830. The predicted molar refractivity (Wildman–Crippen MR) is 130 cm³/mol. The lowest BCUT2D eigenvalue weighted by molar-refractivity contribution is -0.203. The number of hydrogen-bond donors (Lipinski definition) is 1. The van der Waals surface area contributed by atoms with Crippen LogP contribution in [0, 0.1) is 17.0 Å². The highest BCUT2D eigenvalue weighted by atomic mass is 35.5. The Morgan fingerprint density at radius 2 is 1.63 bits per heavy atom. The molecule has 1 fully saturated rings. The van der Waals surface area contributed by atoms with Crippen LogP contribution in [-0.4, -0.2) is 54.0 Å². The van der Waals surface area contributed by atoms with E-state index in [1.54, 1.807) is 0 Å². The smallest absolute Gasteiger partial charge is 0.368 e. The molecule has 13 heteroatoms. The third-order valence-corrected chi connectivity index (χ3v) is 7.39. The zero-order chi connectivity index (χ0) is 28.4. The van der Waals surface area contributed by atoms with E-state index in [4.69, 9.17) is 17.3 Å². The SMILES string of the molecule is CN1C(=O)[C@H](N(C(=O)C2(C(F)(F)F)CC2)C(C)(C)C(N)=O)CN(c2cc(F)cc(F)c2)c2ccc(Cl)cc21. The Kier molecular flexibility index (Phi) is 6.62. The van der Waals surface area contributed by atoms with Crippen LogP contribution in [0.4, 0.5) is 39.0 Å². The number of carbonyl (C=O) groups excluding carboxylic acids is 3. The Morgan fingerprint density at radius 1 is 1.05 bits per heavy atom. The van der Waals surface area contributed by atoms with Crippen LogP contribution < -0.4 is 15.5 Å². The molecule has 0 radical (unpaired) electrons. The van der Waals surface area contributed by atoms with E-state index in [1.165, 1.54) is 30.1 Å². The Bertz CT molecular complexity index is 1310. The molecule has 2 N–H and O–H groups in total. The highest BCUT2D eigenvalue weighted by Crippen LogP contribution is 2.59. The number of amides is 3. The zero-order valence-corrected chi connectivity index (χ0v) is 21.3. The van der Waals surface area contributed by atoms with Crippen LogP contribution >= 0.6 is 11.6 Å². The molecule has 0 bridgehead atoms. The number of rotatable bonds is 5. The largest absolute Gasteiger partial charge is 0.403 e. The molecule has 0 aromatic heterocycles. The van der Waals surface area contributed by atoms with Crippen molar-refractivity contribution in [1.29, 1.82) is 0 Å². The Hall–Kier alpha value is -3.41. The molecule has 38 heavy (non-hydrogen) atoms. The molecule has 1 heterocycles. The number of nitrogens with two attached hydrogens (primary N) is 1. The average molecular weight is 559 g/mol. The van der Waals surface area contributed by atoms with Crippen molar-refractivity contribution >= 4 is 46.4 Å². The van der Waals surface area contributed by atoms with Crippen LogP contribution in [0.3, 0.4) is 0 Å². The van der Waals surface area contributed by atoms with Crippen molar-refractivity contribution in [2.45, 2.75) is 44.4 Å². The highest BCUT2D eigenvalue weighted by Gasteiger charge is 2.71. The number of primary amides is 1. The molecule has 0 unspecified atom stereocenters. The molecule has 2 aromatic rings. The first-order valence-electron chi connectivity index (χ1n) is 11.5. The molecular weight excluding hydrogens is 535 g/mol. The molecule has 1 atom stereocenters. The van der Waals surface area contributed by atoms with Gasteiger partial charge in [0.15, 0.2) is 0 Å². The second-order valence-corrected chi connectivity index (χ2v) is 10.4. The van der Waals surface area contributed by atoms with Gasteiger partial charge in [0.25, 0.3) is 5.91 Å². The van der Waals surface area contributed by atoms with Gasteiger partial charge in [-0.25, -0.2) is 8.78 Å². The van der Waals surface area contributed by atoms with Gasteiger partial charge in [-0.05, 0) is 57.0 Å². The monoisotopic (exact) mass is 558 g/mol. The lowest BCUT2D eigenvalue weighted by Gasteiger charge is -2.44. The van der Waals surface area contributed by atoms with Crippen molar-refractivity contribution in [2.75, 3.05) is 23.4 Å². The van der Waals surface area contributed by atoms with E-state index in [2.05, 4.69) is 0 Å². The Morgan fingerprint density at radius 3 is 2.13 bits per heavy atom. The number of carbonyl (C=O) groups is 3. The summed E-state index contributed by atoms with van der Waals surface area (Å²) in [5, 5.41) is 0.201. The number of fused-ring (bicyclic) bond motifs is 1. The topological polar surface area (TPSA) is 87.0 Å². The standard InChI is InChI=1S/C25H24ClF5N4O3/c1-23(2,21(32)37)35(22(38)24(6-7-24)25(29,30)31)19-12-34(16-10-14(27)9-15(28)11-16)17-5-4-13(26)8-18(17)33(3)20(19)36/h4-5,8-11,19H,6-7,12H2,1-3H3,(H2,32,37)/t19-/m1/s1. The van der Waals surface area contributed by atoms with Gasteiger partial charge in [-0.2, -0.15) is 13.2 Å². The van der Waals surface area contributed by atoms with Crippen LogP contribution in [0.15, 0.2) is 36.4 Å². The number of likely N-dealkylation sites (N-methyl/N-ethyl adjacent to an activating group) is 1. The summed E-state index contributed by atoms with van der Waals surface area (Å²) >= 11 is 6.14. The number of alkyl halides is 3. The quantitative estimate of drug-likeness (QED) is 0.546. The molecule has 1 aliphatic heterocycles. The lowest BCUT2D eigenvalue weighted by Crippen LogP contribution is -2.67. The first-order valence-corrected chi connectivity index (χ1v) is 11.9. The van der Waals surface area contributed by atoms with Crippen molar-refractivity contribution in [1.82, 2.24) is 4.90 Å². The van der Waals surface area contributed by atoms with Crippen molar-refractivity contribution in [3.8, 4) is 0 Å². The number of anilines is 3. The lowest BCUT2D eigenvalue weighted by atomic mass is 9.93. The van der Waals surface area contributed by atoms with Crippen LogP contribution in [0.2, 0.25) is 5.02 Å². The van der Waals surface area contributed by atoms with E-state index >= 15 is 0 Å². The van der Waals surface area contributed by atoms with Gasteiger partial charge in [0.2, 0.25) is 11.8 Å². The second-order valence-electron chi connectivity index (χ2n) is 9.96. The molecule has 7 nitrogen and oxygen atoms in total. The van der Waals surface area contributed by atoms with E-state index in [9.17, 15) is 36.3 Å². The van der Waals surface area contributed by atoms with Gasteiger partial charge in [0.1, 0.15) is 28.6 Å². The van der Waals surface area contributed by atoms with Gasteiger partial charge in [-0.15, -0.1) is 0 Å². The van der Waals surface area contributed by atoms with E-state index in [0.717, 1.165) is 30.9 Å². The van der Waals surface area contributed by atoms with Gasteiger partial charge in [-0.3, -0.25) is 14.4 Å². The molecule has 1 saturated carbocycles. The van der Waals surface area contributed by atoms with E-state index in [1.807, 2.05) is 0 Å². The van der Waals surface area contributed by atoms with E-state index in [-0.39, 0.29) is 22.1 Å². The van der Waals surface area contributed by atoms with Crippen LogP contribution in [0.5, 0.6) is 0 Å². The summed E-state index contributed by atoms with van der Waals surface area (Å²) in [5.74, 6) is -5.37. The summed E-state index contributed by atoms with van der Waals surface area (Å²) in [6.07, 6.45) is -5.99. The third-order valence-electron chi connectivity index (χ3n) is 7.16. The van der Waals surface area contributed by atoms with Gasteiger partial charge in [0.05, 0.1) is 17.9 Å². The zero-order valence-electron chi connectivity index (χ0n) is 20.6. The Labute approximate surface area is 219 Å². The van der Waals surface area contributed by atoms with Crippen molar-refractivity contribution in [3.63, 3.8) is 0 Å². The summed E-state index contributed by atoms with van der Waals surface area (Å²) < 4.78 is 70.6. The molecule has 0 saturated heterocycles. The first-order chi connectivity index (χ1) is 17.5. The predicted octanol–water partition coefficient (Wildman–Crippen LogP) is 4.54. The minimum atomic E-state index is -4.95. The number of halogens is 6. The Balaban J connectivity index is 1.94. The fourth-order valence-electron chi connectivity index (χ4n) is 4.69. The maximum atomic E-state index is 14.2. The molecule has 1 aliphatic carbocycles. The summed E-state index contributed by atoms with van der Waals surface area (Å²) in [7, 11) is 1.32. The number of nitrogens with zero attached hydrogens (tertiary/aromatic N) is 3. The van der Waals surface area contributed by atoms with E-state index < -0.39 is 71.9 Å². The maximum Gasteiger partial charge on any atom is 0.403 e. The summed E-state index contributed by atoms with van der Waals surface area (Å²) in [6.45, 7) is 1.75. The van der Waals surface area contributed by atoms with E-state index in [0.29, 0.717) is 11.0 Å². The van der Waals surface area contributed by atoms with Crippen LogP contribution in [-0.2, 0) is 14.4 Å². The van der Waals surface area contributed by atoms with Gasteiger partial charge in [0, 0.05) is 23.8 Å². The maximum absolute atomic E-state index is 14.2. The molecule has 0 spiro atoms. The first kappa shape index (κ1) is 27.6. The van der Waals surface area contributed by atoms with Crippen LogP contribution in [0.1, 0.15) is 26.7 Å². The minimum Gasteiger partial charge on any atom is -0.368 e. The average Bonchev–Trinajstić information content (AvgIpc) is 3.62. The third kappa shape index (κ3) is 4.44. The molecule has 204 valence electrons. The van der Waals surface area contributed by atoms with Crippen molar-refractivity contribution < 1.29 is 36.3 Å².